The van der Waals surface area contributed by atoms with Crippen LogP contribution in [0.5, 0.6) is 0 Å². The SMILES string of the molecule is CP(C)c1ccccc1C1(O)c2cc(C(C)(C)C)ccc2-c2ccc(C(C)(C)C)cc21. The molecule has 2 heteroatoms. The monoisotopic (exact) mass is 430 g/mol. The highest BCUT2D eigenvalue weighted by atomic mass is 31.1. The molecule has 0 fully saturated rings. The maximum Gasteiger partial charge on any atom is 0.142 e. The molecule has 0 bridgehead atoms. The first-order valence-corrected chi connectivity index (χ1v) is 13.4. The molecular weight excluding hydrogens is 395 g/mol. The van der Waals surface area contributed by atoms with Crippen LogP contribution in [-0.2, 0) is 16.4 Å². The number of aliphatic hydroxyl groups is 1. The summed E-state index contributed by atoms with van der Waals surface area (Å²) >= 11 is 0. The van der Waals surface area contributed by atoms with Gasteiger partial charge in [-0.05, 0) is 51.7 Å². The first kappa shape index (κ1) is 22.3. The first-order valence-electron chi connectivity index (χ1n) is 11.1. The topological polar surface area (TPSA) is 20.2 Å². The van der Waals surface area contributed by atoms with Crippen molar-refractivity contribution in [1.29, 1.82) is 0 Å². The Morgan fingerprint density at radius 3 is 1.52 bits per heavy atom. The van der Waals surface area contributed by atoms with Crippen LogP contribution in [-0.4, -0.2) is 18.4 Å². The molecule has 31 heavy (non-hydrogen) atoms. The molecule has 4 rings (SSSR count). The van der Waals surface area contributed by atoms with E-state index < -0.39 is 5.60 Å². The van der Waals surface area contributed by atoms with Crippen LogP contribution >= 0.6 is 7.92 Å². The average Bonchev–Trinajstić information content (AvgIpc) is 2.95. The Morgan fingerprint density at radius 1 is 0.645 bits per heavy atom. The van der Waals surface area contributed by atoms with E-state index in [-0.39, 0.29) is 18.8 Å². The summed E-state index contributed by atoms with van der Waals surface area (Å²) in [6.45, 7) is 17.9. The summed E-state index contributed by atoms with van der Waals surface area (Å²) < 4.78 is 0. The zero-order valence-electron chi connectivity index (χ0n) is 20.2. The lowest BCUT2D eigenvalue weighted by molar-refractivity contribution is 0.131. The molecule has 1 nitrogen and oxygen atoms in total. The molecule has 1 N–H and O–H groups in total. The van der Waals surface area contributed by atoms with Crippen molar-refractivity contribution in [3.8, 4) is 11.1 Å². The van der Waals surface area contributed by atoms with Gasteiger partial charge in [-0.2, -0.15) is 0 Å². The number of hydrogen-bond acceptors (Lipinski definition) is 1. The fraction of sp³-hybridized carbons (Fsp3) is 0.379. The molecule has 1 aliphatic rings. The van der Waals surface area contributed by atoms with Gasteiger partial charge in [0.25, 0.3) is 0 Å². The van der Waals surface area contributed by atoms with Gasteiger partial charge in [0.2, 0.25) is 0 Å². The van der Waals surface area contributed by atoms with Gasteiger partial charge in [0, 0.05) is 16.7 Å². The second-order valence-corrected chi connectivity index (χ2v) is 13.4. The molecule has 0 spiro atoms. The highest BCUT2D eigenvalue weighted by Crippen LogP contribution is 2.53. The highest BCUT2D eigenvalue weighted by Gasteiger charge is 2.45. The Hall–Kier alpha value is -1.95. The van der Waals surface area contributed by atoms with Gasteiger partial charge in [-0.15, -0.1) is 0 Å². The smallest absolute Gasteiger partial charge is 0.142 e. The van der Waals surface area contributed by atoms with E-state index in [1.54, 1.807) is 0 Å². The van der Waals surface area contributed by atoms with Crippen molar-refractivity contribution >= 4 is 13.2 Å². The average molecular weight is 431 g/mol. The van der Waals surface area contributed by atoms with Crippen LogP contribution < -0.4 is 5.30 Å². The Bertz CT molecular complexity index is 1080. The van der Waals surface area contributed by atoms with Gasteiger partial charge >= 0.3 is 0 Å². The van der Waals surface area contributed by atoms with E-state index in [2.05, 4.69) is 116 Å². The maximum absolute atomic E-state index is 12.7. The largest absolute Gasteiger partial charge is 0.376 e. The van der Waals surface area contributed by atoms with Crippen LogP contribution in [0.25, 0.3) is 11.1 Å². The minimum atomic E-state index is -1.14. The molecule has 162 valence electrons. The molecule has 3 aromatic rings. The van der Waals surface area contributed by atoms with E-state index in [4.69, 9.17) is 0 Å². The van der Waals surface area contributed by atoms with Crippen molar-refractivity contribution in [3.05, 3.63) is 88.5 Å². The third-order valence-corrected chi connectivity index (χ3v) is 7.97. The quantitative estimate of drug-likeness (QED) is 0.438. The van der Waals surface area contributed by atoms with Crippen molar-refractivity contribution in [2.24, 2.45) is 0 Å². The lowest BCUT2D eigenvalue weighted by Gasteiger charge is -2.32. The van der Waals surface area contributed by atoms with Gasteiger partial charge in [-0.3, -0.25) is 0 Å². The third-order valence-electron chi connectivity index (χ3n) is 6.62. The van der Waals surface area contributed by atoms with Crippen LogP contribution in [0.3, 0.4) is 0 Å². The summed E-state index contributed by atoms with van der Waals surface area (Å²) in [5.74, 6) is 0. The maximum atomic E-state index is 12.7. The lowest BCUT2D eigenvalue weighted by Crippen LogP contribution is -2.32. The standard InChI is InChI=1S/C29H35OP/c1-27(2,3)19-13-15-21-22-16-14-20(28(4,5)6)18-25(22)29(30,24(21)17-19)23-11-9-10-12-26(23)31(7)8/h9-18,30H,1-8H3. The molecule has 0 amide bonds. The number of fused-ring (bicyclic) bond motifs is 3. The zero-order chi connectivity index (χ0) is 22.8. The number of rotatable bonds is 2. The van der Waals surface area contributed by atoms with E-state index in [0.717, 1.165) is 27.8 Å². The van der Waals surface area contributed by atoms with E-state index in [0.29, 0.717) is 0 Å². The van der Waals surface area contributed by atoms with E-state index >= 15 is 0 Å². The fourth-order valence-electron chi connectivity index (χ4n) is 4.69. The van der Waals surface area contributed by atoms with Crippen molar-refractivity contribution in [1.82, 2.24) is 0 Å². The van der Waals surface area contributed by atoms with Gasteiger partial charge in [-0.1, -0.05) is 110 Å². The lowest BCUT2D eigenvalue weighted by atomic mass is 9.79. The summed E-state index contributed by atoms with van der Waals surface area (Å²) in [6.07, 6.45) is 0. The zero-order valence-corrected chi connectivity index (χ0v) is 21.1. The van der Waals surface area contributed by atoms with Gasteiger partial charge in [-0.25, -0.2) is 0 Å². The van der Waals surface area contributed by atoms with Crippen molar-refractivity contribution in [2.75, 3.05) is 13.3 Å². The second-order valence-electron chi connectivity index (χ2n) is 11.1. The van der Waals surface area contributed by atoms with Crippen molar-refractivity contribution < 1.29 is 5.11 Å². The van der Waals surface area contributed by atoms with Crippen LogP contribution in [0.1, 0.15) is 69.4 Å². The first-order chi connectivity index (χ1) is 14.3. The Labute approximate surface area is 189 Å². The predicted molar refractivity (Wildman–Crippen MR) is 136 cm³/mol. The molecule has 0 atom stereocenters. The summed E-state index contributed by atoms with van der Waals surface area (Å²) in [6, 6.07) is 21.9. The minimum Gasteiger partial charge on any atom is -0.376 e. The molecule has 3 aromatic carbocycles. The fourth-order valence-corrected chi connectivity index (χ4v) is 5.80. The van der Waals surface area contributed by atoms with Gasteiger partial charge in [0.1, 0.15) is 5.60 Å². The molecule has 0 saturated heterocycles. The van der Waals surface area contributed by atoms with Crippen molar-refractivity contribution in [3.63, 3.8) is 0 Å². The van der Waals surface area contributed by atoms with Crippen LogP contribution in [0.15, 0.2) is 60.7 Å². The molecule has 0 aliphatic heterocycles. The molecule has 0 aromatic heterocycles. The summed E-state index contributed by atoms with van der Waals surface area (Å²) in [5, 5.41) is 14.0. The Morgan fingerprint density at radius 2 is 1.10 bits per heavy atom. The Balaban J connectivity index is 2.10. The molecule has 0 radical (unpaired) electrons. The summed E-state index contributed by atoms with van der Waals surface area (Å²) in [5.41, 5.74) is 6.76. The van der Waals surface area contributed by atoms with Gasteiger partial charge in [0.15, 0.2) is 0 Å². The minimum absolute atomic E-state index is 0.0168. The molecule has 0 saturated carbocycles. The second kappa shape index (κ2) is 7.29. The predicted octanol–water partition coefficient (Wildman–Crippen LogP) is 6.91. The van der Waals surface area contributed by atoms with Crippen molar-refractivity contribution in [2.45, 2.75) is 58.0 Å². The van der Waals surface area contributed by atoms with E-state index in [1.807, 2.05) is 0 Å². The molecule has 1 aliphatic carbocycles. The number of benzene rings is 3. The van der Waals surface area contributed by atoms with Gasteiger partial charge in [0.05, 0.1) is 0 Å². The highest BCUT2D eigenvalue weighted by molar-refractivity contribution is 7.64. The molecule has 0 heterocycles. The normalized spacial score (nSPS) is 15.2. The summed E-state index contributed by atoms with van der Waals surface area (Å²) in [4.78, 5) is 0. The van der Waals surface area contributed by atoms with E-state index in [1.165, 1.54) is 16.4 Å². The Kier molecular flexibility index (Phi) is 5.23. The van der Waals surface area contributed by atoms with Crippen LogP contribution in [0.4, 0.5) is 0 Å². The van der Waals surface area contributed by atoms with E-state index in [9.17, 15) is 5.11 Å². The molecule has 0 unspecified atom stereocenters. The van der Waals surface area contributed by atoms with Crippen LogP contribution in [0, 0.1) is 0 Å². The number of hydrogen-bond donors (Lipinski definition) is 1. The molecular formula is C29H35OP. The van der Waals surface area contributed by atoms with Gasteiger partial charge < -0.3 is 5.11 Å². The van der Waals surface area contributed by atoms with Crippen LogP contribution in [0.2, 0.25) is 0 Å². The summed E-state index contributed by atoms with van der Waals surface area (Å²) in [7, 11) is -0.363. The third kappa shape index (κ3) is 3.57.